The largest absolute Gasteiger partial charge is 0.481 e. The summed E-state index contributed by atoms with van der Waals surface area (Å²) in [5.41, 5.74) is 2.63. The molecule has 7 nitrogen and oxygen atoms in total. The second kappa shape index (κ2) is 5.40. The first-order valence-electron chi connectivity index (χ1n) is 4.55. The Kier molecular flexibility index (Phi) is 4.18. The Bertz CT molecular complexity index is 354. The molecule has 88 valence electrons. The number of hydrogen-bond donors (Lipinski definition) is 5. The zero-order valence-electron chi connectivity index (χ0n) is 8.37. The highest BCUT2D eigenvalue weighted by Gasteiger charge is 2.21. The monoisotopic (exact) mass is 227 g/mol. The van der Waals surface area contributed by atoms with Crippen molar-refractivity contribution < 1.29 is 20.1 Å². The SMILES string of the molecule is NNc1ccc(C(O)C(O)CC(=O)O)cn1. The number of nitrogen functional groups attached to an aromatic ring is 1. The van der Waals surface area contributed by atoms with Gasteiger partial charge in [0.2, 0.25) is 0 Å². The number of pyridine rings is 1. The summed E-state index contributed by atoms with van der Waals surface area (Å²) in [6.45, 7) is 0. The lowest BCUT2D eigenvalue weighted by molar-refractivity contribution is -0.141. The topological polar surface area (TPSA) is 129 Å². The molecule has 0 aromatic carbocycles. The Hall–Kier alpha value is -1.70. The van der Waals surface area contributed by atoms with Crippen LogP contribution < -0.4 is 11.3 Å². The maximum atomic E-state index is 10.3. The normalized spacial score (nSPS) is 14.2. The van der Waals surface area contributed by atoms with Crippen LogP contribution in [0.25, 0.3) is 0 Å². The van der Waals surface area contributed by atoms with Crippen LogP contribution in [0.3, 0.4) is 0 Å². The molecular formula is C9H13N3O4. The van der Waals surface area contributed by atoms with E-state index in [9.17, 15) is 15.0 Å². The zero-order valence-corrected chi connectivity index (χ0v) is 8.37. The van der Waals surface area contributed by atoms with Crippen molar-refractivity contribution >= 4 is 11.8 Å². The average molecular weight is 227 g/mol. The molecule has 0 amide bonds. The molecule has 2 unspecified atom stereocenters. The third-order valence-electron chi connectivity index (χ3n) is 2.02. The summed E-state index contributed by atoms with van der Waals surface area (Å²) in [4.78, 5) is 14.2. The van der Waals surface area contributed by atoms with Crippen LogP contribution in [-0.2, 0) is 4.79 Å². The summed E-state index contributed by atoms with van der Waals surface area (Å²) in [5.74, 6) is 4.32. The first kappa shape index (κ1) is 12.4. The van der Waals surface area contributed by atoms with Gasteiger partial charge in [0.05, 0.1) is 12.5 Å². The number of aliphatic carboxylic acids is 1. The van der Waals surface area contributed by atoms with E-state index in [4.69, 9.17) is 10.9 Å². The number of nitrogens with two attached hydrogens (primary N) is 1. The highest BCUT2D eigenvalue weighted by atomic mass is 16.4. The fraction of sp³-hybridized carbons (Fsp3) is 0.333. The molecule has 2 atom stereocenters. The molecule has 0 aliphatic carbocycles. The number of nitrogens with zero attached hydrogens (tertiary/aromatic N) is 1. The summed E-state index contributed by atoms with van der Waals surface area (Å²) < 4.78 is 0. The number of aliphatic hydroxyl groups excluding tert-OH is 2. The van der Waals surface area contributed by atoms with Crippen LogP contribution in [0.2, 0.25) is 0 Å². The van der Waals surface area contributed by atoms with Gasteiger partial charge in [0.1, 0.15) is 11.9 Å². The van der Waals surface area contributed by atoms with Gasteiger partial charge >= 0.3 is 5.97 Å². The van der Waals surface area contributed by atoms with Crippen molar-refractivity contribution in [2.75, 3.05) is 5.43 Å². The molecule has 7 heteroatoms. The maximum Gasteiger partial charge on any atom is 0.306 e. The molecule has 0 radical (unpaired) electrons. The second-order valence-electron chi connectivity index (χ2n) is 3.23. The van der Waals surface area contributed by atoms with Crippen molar-refractivity contribution in [3.8, 4) is 0 Å². The Morgan fingerprint density at radius 3 is 2.62 bits per heavy atom. The predicted molar refractivity (Wildman–Crippen MR) is 55.3 cm³/mol. The zero-order chi connectivity index (χ0) is 12.1. The van der Waals surface area contributed by atoms with Gasteiger partial charge < -0.3 is 20.7 Å². The van der Waals surface area contributed by atoms with E-state index in [1.807, 2.05) is 0 Å². The van der Waals surface area contributed by atoms with E-state index >= 15 is 0 Å². The van der Waals surface area contributed by atoms with E-state index in [1.165, 1.54) is 18.3 Å². The van der Waals surface area contributed by atoms with E-state index in [0.717, 1.165) is 0 Å². The lowest BCUT2D eigenvalue weighted by Crippen LogP contribution is -2.22. The van der Waals surface area contributed by atoms with E-state index in [2.05, 4.69) is 10.4 Å². The number of carboxylic acids is 1. The standard InChI is InChI=1S/C9H13N3O4/c10-12-7-2-1-5(4-11-7)9(16)6(13)3-8(14)15/h1-2,4,6,9,13,16H,3,10H2,(H,11,12)(H,14,15). The first-order chi connectivity index (χ1) is 7.54. The quantitative estimate of drug-likeness (QED) is 0.330. The molecule has 0 bridgehead atoms. The van der Waals surface area contributed by atoms with Gasteiger partial charge in [-0.3, -0.25) is 4.79 Å². The molecule has 0 saturated heterocycles. The highest BCUT2D eigenvalue weighted by Crippen LogP contribution is 2.18. The number of hydrogen-bond acceptors (Lipinski definition) is 6. The molecule has 1 rings (SSSR count). The summed E-state index contributed by atoms with van der Waals surface area (Å²) in [6.07, 6.45) is -1.87. The van der Waals surface area contributed by atoms with Gasteiger partial charge in [-0.05, 0) is 6.07 Å². The van der Waals surface area contributed by atoms with Crippen LogP contribution in [0.1, 0.15) is 18.1 Å². The fourth-order valence-electron chi connectivity index (χ4n) is 1.18. The second-order valence-corrected chi connectivity index (χ2v) is 3.23. The van der Waals surface area contributed by atoms with Gasteiger partial charge in [-0.2, -0.15) is 0 Å². The van der Waals surface area contributed by atoms with Crippen molar-refractivity contribution in [1.29, 1.82) is 0 Å². The fourth-order valence-corrected chi connectivity index (χ4v) is 1.18. The number of carbonyl (C=O) groups is 1. The molecule has 16 heavy (non-hydrogen) atoms. The number of aromatic nitrogens is 1. The van der Waals surface area contributed by atoms with Crippen LogP contribution in [0.4, 0.5) is 5.82 Å². The lowest BCUT2D eigenvalue weighted by atomic mass is 10.0. The van der Waals surface area contributed by atoms with Gasteiger partial charge in [0.15, 0.2) is 0 Å². The number of hydrazine groups is 1. The van der Waals surface area contributed by atoms with Crippen molar-refractivity contribution in [3.05, 3.63) is 23.9 Å². The lowest BCUT2D eigenvalue weighted by Gasteiger charge is -2.16. The third-order valence-corrected chi connectivity index (χ3v) is 2.02. The summed E-state index contributed by atoms with van der Waals surface area (Å²) in [5, 5.41) is 27.4. The molecule has 0 aliphatic heterocycles. The molecule has 0 aliphatic rings. The van der Waals surface area contributed by atoms with E-state index < -0.39 is 24.6 Å². The molecule has 1 aromatic heterocycles. The van der Waals surface area contributed by atoms with Gasteiger partial charge in [0, 0.05) is 11.8 Å². The number of anilines is 1. The molecule has 1 aromatic rings. The molecule has 1 heterocycles. The molecule has 0 saturated carbocycles. The van der Waals surface area contributed by atoms with Crippen LogP contribution in [0.15, 0.2) is 18.3 Å². The number of rotatable bonds is 5. The number of nitrogens with one attached hydrogen (secondary N) is 1. The number of aliphatic hydroxyl groups is 2. The van der Waals surface area contributed by atoms with Crippen molar-refractivity contribution in [2.24, 2.45) is 5.84 Å². The van der Waals surface area contributed by atoms with Crippen molar-refractivity contribution in [2.45, 2.75) is 18.6 Å². The molecular weight excluding hydrogens is 214 g/mol. The van der Waals surface area contributed by atoms with Crippen molar-refractivity contribution in [3.63, 3.8) is 0 Å². The van der Waals surface area contributed by atoms with E-state index in [1.54, 1.807) is 0 Å². The Balaban J connectivity index is 2.71. The highest BCUT2D eigenvalue weighted by molar-refractivity contribution is 5.67. The van der Waals surface area contributed by atoms with Gasteiger partial charge in [-0.15, -0.1) is 0 Å². The van der Waals surface area contributed by atoms with E-state index in [-0.39, 0.29) is 0 Å². The predicted octanol–water partition coefficient (Wildman–Crippen LogP) is -0.764. The van der Waals surface area contributed by atoms with Crippen LogP contribution in [0.5, 0.6) is 0 Å². The Labute approximate surface area is 91.5 Å². The van der Waals surface area contributed by atoms with Crippen LogP contribution in [-0.4, -0.2) is 32.4 Å². The maximum absolute atomic E-state index is 10.3. The summed E-state index contributed by atoms with van der Waals surface area (Å²) in [7, 11) is 0. The van der Waals surface area contributed by atoms with Gasteiger partial charge in [-0.1, -0.05) is 6.07 Å². The minimum atomic E-state index is -1.36. The molecule has 6 N–H and O–H groups in total. The number of carboxylic acid groups (broad SMARTS) is 1. The molecule has 0 fully saturated rings. The van der Waals surface area contributed by atoms with Crippen LogP contribution in [0, 0.1) is 0 Å². The smallest absolute Gasteiger partial charge is 0.306 e. The summed E-state index contributed by atoms with van der Waals surface area (Å²) >= 11 is 0. The van der Waals surface area contributed by atoms with Gasteiger partial charge in [-0.25, -0.2) is 10.8 Å². The van der Waals surface area contributed by atoms with Crippen LogP contribution >= 0.6 is 0 Å². The van der Waals surface area contributed by atoms with Gasteiger partial charge in [0.25, 0.3) is 0 Å². The average Bonchev–Trinajstić information content (AvgIpc) is 2.27. The Morgan fingerprint density at radius 1 is 1.50 bits per heavy atom. The molecule has 0 spiro atoms. The van der Waals surface area contributed by atoms with E-state index in [0.29, 0.717) is 11.4 Å². The first-order valence-corrected chi connectivity index (χ1v) is 4.55. The third kappa shape index (κ3) is 3.16. The van der Waals surface area contributed by atoms with Crippen molar-refractivity contribution in [1.82, 2.24) is 4.98 Å². The minimum Gasteiger partial charge on any atom is -0.481 e. The minimum absolute atomic E-state index is 0.327. The summed E-state index contributed by atoms with van der Waals surface area (Å²) in [6, 6.07) is 3.00. The Morgan fingerprint density at radius 2 is 2.19 bits per heavy atom.